The molecule has 0 spiro atoms. The lowest BCUT2D eigenvalue weighted by atomic mass is 10.0. The third-order valence-corrected chi connectivity index (χ3v) is 8.82. The first-order chi connectivity index (χ1) is 21.7. The zero-order chi connectivity index (χ0) is 31.3. The lowest BCUT2D eigenvalue weighted by molar-refractivity contribution is -0.139. The predicted molar refractivity (Wildman–Crippen MR) is 169 cm³/mol. The number of benzene rings is 3. The van der Waals surface area contributed by atoms with Crippen molar-refractivity contribution in [2.75, 3.05) is 7.11 Å². The van der Waals surface area contributed by atoms with Crippen molar-refractivity contribution in [2.24, 2.45) is 11.3 Å². The molecule has 0 aliphatic heterocycles. The Balaban J connectivity index is 1.20. The fraction of sp³-hybridized carbons (Fsp3) is 0.222. The number of fused-ring (bicyclic) bond motifs is 2. The zero-order valence-electron chi connectivity index (χ0n) is 25.1. The van der Waals surface area contributed by atoms with Gasteiger partial charge in [-0.3, -0.25) is 4.79 Å². The summed E-state index contributed by atoms with van der Waals surface area (Å²) >= 11 is 0. The Morgan fingerprint density at radius 2 is 1.78 bits per heavy atom. The van der Waals surface area contributed by atoms with E-state index in [1.807, 2.05) is 85.1 Å². The normalized spacial score (nSPS) is 17.0. The van der Waals surface area contributed by atoms with Crippen molar-refractivity contribution >= 4 is 27.9 Å². The number of methoxy groups -OCH3 is 1. The molecular weight excluding hydrogens is 571 g/mol. The van der Waals surface area contributed by atoms with Gasteiger partial charge in [0.15, 0.2) is 0 Å². The van der Waals surface area contributed by atoms with Crippen molar-refractivity contribution in [3.8, 4) is 22.8 Å². The number of hydrogen-bond donors (Lipinski definition) is 1. The molecule has 9 heteroatoms. The summed E-state index contributed by atoms with van der Waals surface area (Å²) in [5, 5.41) is 11.0. The molecule has 0 unspecified atom stereocenters. The van der Waals surface area contributed by atoms with Crippen LogP contribution < -0.4 is 9.47 Å². The van der Waals surface area contributed by atoms with Crippen molar-refractivity contribution in [1.29, 1.82) is 0 Å². The van der Waals surface area contributed by atoms with Gasteiger partial charge in [-0.25, -0.2) is 19.3 Å². The quantitative estimate of drug-likeness (QED) is 0.186. The van der Waals surface area contributed by atoms with E-state index in [1.54, 1.807) is 25.4 Å². The minimum absolute atomic E-state index is 0.193. The lowest BCUT2D eigenvalue weighted by Crippen LogP contribution is -2.08. The maximum absolute atomic E-state index is 15.6. The summed E-state index contributed by atoms with van der Waals surface area (Å²) in [4.78, 5) is 26.0. The van der Waals surface area contributed by atoms with Gasteiger partial charge >= 0.3 is 5.97 Å². The van der Waals surface area contributed by atoms with Crippen LogP contribution in [0.5, 0.6) is 11.6 Å². The van der Waals surface area contributed by atoms with Crippen LogP contribution in [0.15, 0.2) is 91.1 Å². The van der Waals surface area contributed by atoms with E-state index < -0.39 is 17.3 Å². The van der Waals surface area contributed by atoms with Crippen LogP contribution in [-0.4, -0.2) is 37.7 Å². The summed E-state index contributed by atoms with van der Waals surface area (Å²) in [5.41, 5.74) is 4.57. The first kappa shape index (κ1) is 28.5. The molecule has 1 fully saturated rings. The Morgan fingerprint density at radius 3 is 2.51 bits per heavy atom. The summed E-state index contributed by atoms with van der Waals surface area (Å²) in [6.45, 7) is 4.34. The second-order valence-corrected chi connectivity index (χ2v) is 12.0. The standard InChI is InChI=1S/C36H31FN4O4/c1-36(2)32(33(36)35(42)43)34-40-29-17-26(45-20-25-12-10-21-6-4-5-7-28(21)39-25)13-14-30(29)41(34)19-24-9-8-22(16-27(24)37)23-11-15-31(44-3)38-18-23/h4-18,32-33H,19-20H2,1-3H3,(H,42,43)/t32-,33+/m1/s1. The predicted octanol–water partition coefficient (Wildman–Crippen LogP) is 7.25. The van der Waals surface area contributed by atoms with Crippen LogP contribution in [0.2, 0.25) is 0 Å². The molecule has 1 N–H and O–H groups in total. The average molecular weight is 603 g/mol. The van der Waals surface area contributed by atoms with Gasteiger partial charge in [-0.2, -0.15) is 0 Å². The summed E-state index contributed by atoms with van der Waals surface area (Å²) < 4.78 is 28.8. The third kappa shape index (κ3) is 5.24. The van der Waals surface area contributed by atoms with Crippen LogP contribution in [0, 0.1) is 17.2 Å². The molecule has 6 aromatic rings. The molecule has 1 saturated carbocycles. The van der Waals surface area contributed by atoms with Gasteiger partial charge in [0.05, 0.1) is 41.8 Å². The topological polar surface area (TPSA) is 99.4 Å². The summed E-state index contributed by atoms with van der Waals surface area (Å²) in [6, 6.07) is 26.2. The maximum Gasteiger partial charge on any atom is 0.307 e. The van der Waals surface area contributed by atoms with E-state index in [-0.39, 0.29) is 24.9 Å². The van der Waals surface area contributed by atoms with E-state index in [4.69, 9.17) is 14.5 Å². The molecule has 2 atom stereocenters. The summed E-state index contributed by atoms with van der Waals surface area (Å²) in [7, 11) is 1.55. The number of nitrogens with zero attached hydrogens (tertiary/aromatic N) is 4. The average Bonchev–Trinajstić information content (AvgIpc) is 3.47. The van der Waals surface area contributed by atoms with Crippen molar-refractivity contribution in [1.82, 2.24) is 19.5 Å². The number of aromatic nitrogens is 4. The van der Waals surface area contributed by atoms with Gasteiger partial charge in [0, 0.05) is 40.8 Å². The van der Waals surface area contributed by atoms with E-state index >= 15 is 4.39 Å². The van der Waals surface area contributed by atoms with Crippen LogP contribution in [0.1, 0.15) is 36.8 Å². The van der Waals surface area contributed by atoms with Crippen LogP contribution in [-0.2, 0) is 17.9 Å². The first-order valence-electron chi connectivity index (χ1n) is 14.7. The van der Waals surface area contributed by atoms with Crippen LogP contribution in [0.25, 0.3) is 33.1 Å². The third-order valence-electron chi connectivity index (χ3n) is 8.82. The number of carboxylic acids is 1. The molecule has 3 aromatic carbocycles. The zero-order valence-corrected chi connectivity index (χ0v) is 25.1. The van der Waals surface area contributed by atoms with E-state index in [2.05, 4.69) is 9.97 Å². The number of hydrogen-bond acceptors (Lipinski definition) is 6. The van der Waals surface area contributed by atoms with Crippen LogP contribution in [0.4, 0.5) is 4.39 Å². The highest BCUT2D eigenvalue weighted by molar-refractivity contribution is 5.81. The van der Waals surface area contributed by atoms with Crippen molar-refractivity contribution in [2.45, 2.75) is 32.9 Å². The molecule has 0 radical (unpaired) electrons. The molecule has 0 saturated heterocycles. The van der Waals surface area contributed by atoms with Gasteiger partial charge in [-0.05, 0) is 47.4 Å². The van der Waals surface area contributed by atoms with Gasteiger partial charge < -0.3 is 19.1 Å². The van der Waals surface area contributed by atoms with E-state index in [0.717, 1.165) is 27.7 Å². The lowest BCUT2D eigenvalue weighted by Gasteiger charge is -2.13. The molecular formula is C36H31FN4O4. The smallest absolute Gasteiger partial charge is 0.307 e. The second kappa shape index (κ2) is 11.0. The van der Waals surface area contributed by atoms with Gasteiger partial charge in [0.2, 0.25) is 5.88 Å². The summed E-state index contributed by atoms with van der Waals surface area (Å²) in [6.07, 6.45) is 1.64. The van der Waals surface area contributed by atoms with E-state index in [0.29, 0.717) is 34.1 Å². The molecule has 226 valence electrons. The largest absolute Gasteiger partial charge is 0.487 e. The molecule has 0 amide bonds. The maximum atomic E-state index is 15.6. The highest BCUT2D eigenvalue weighted by Crippen LogP contribution is 2.64. The van der Waals surface area contributed by atoms with Gasteiger partial charge in [-0.1, -0.05) is 50.2 Å². The van der Waals surface area contributed by atoms with Gasteiger partial charge in [-0.15, -0.1) is 0 Å². The number of aliphatic carboxylic acids is 1. The molecule has 8 nitrogen and oxygen atoms in total. The fourth-order valence-corrected chi connectivity index (χ4v) is 6.25. The van der Waals surface area contributed by atoms with E-state index in [9.17, 15) is 9.90 Å². The number of rotatable bonds is 9. The minimum atomic E-state index is -0.862. The molecule has 3 heterocycles. The number of halogens is 1. The van der Waals surface area contributed by atoms with Crippen LogP contribution in [0.3, 0.4) is 0 Å². The molecule has 3 aromatic heterocycles. The van der Waals surface area contributed by atoms with E-state index in [1.165, 1.54) is 6.07 Å². The Hall–Kier alpha value is -5.31. The van der Waals surface area contributed by atoms with Crippen LogP contribution >= 0.6 is 0 Å². The highest BCUT2D eigenvalue weighted by Gasteiger charge is 2.64. The van der Waals surface area contributed by atoms with Crippen molar-refractivity contribution < 1.29 is 23.8 Å². The van der Waals surface area contributed by atoms with Crippen molar-refractivity contribution in [3.63, 3.8) is 0 Å². The number of pyridine rings is 2. The summed E-state index contributed by atoms with van der Waals surface area (Å²) in [5.74, 6) is -0.417. The second-order valence-electron chi connectivity index (χ2n) is 12.0. The minimum Gasteiger partial charge on any atom is -0.487 e. The Labute approximate surface area is 259 Å². The number of para-hydroxylation sites is 1. The Kier molecular flexibility index (Phi) is 6.96. The monoisotopic (exact) mass is 602 g/mol. The highest BCUT2D eigenvalue weighted by atomic mass is 19.1. The number of imidazole rings is 1. The number of carbonyl (C=O) groups is 1. The fourth-order valence-electron chi connectivity index (χ4n) is 6.25. The van der Waals surface area contributed by atoms with Gasteiger partial charge in [0.25, 0.3) is 0 Å². The molecule has 1 aliphatic rings. The SMILES string of the molecule is COc1ccc(-c2ccc(Cn3c([C@H]4[C@@H](C(=O)O)C4(C)C)nc4cc(OCc5ccc6ccccc6n5)ccc43)c(F)c2)cn1. The molecule has 7 rings (SSSR count). The first-order valence-corrected chi connectivity index (χ1v) is 14.7. The Morgan fingerprint density at radius 1 is 0.956 bits per heavy atom. The van der Waals surface area contributed by atoms with Crippen molar-refractivity contribution in [3.05, 3.63) is 114 Å². The number of ether oxygens (including phenoxy) is 2. The molecule has 0 bridgehead atoms. The number of carboxylic acid groups (broad SMARTS) is 1. The molecule has 45 heavy (non-hydrogen) atoms. The van der Waals surface area contributed by atoms with Gasteiger partial charge in [0.1, 0.15) is 24.0 Å². The Bertz CT molecular complexity index is 2070. The molecule has 1 aliphatic carbocycles.